The first-order valence-electron chi connectivity index (χ1n) is 10.5. The molecule has 3 saturated heterocycles. The predicted octanol–water partition coefficient (Wildman–Crippen LogP) is 1.92. The minimum Gasteiger partial charge on any atom is -0.381 e. The van der Waals surface area contributed by atoms with Gasteiger partial charge >= 0.3 is 0 Å². The van der Waals surface area contributed by atoms with E-state index in [0.717, 1.165) is 51.0 Å². The van der Waals surface area contributed by atoms with Gasteiger partial charge in [0.1, 0.15) is 0 Å². The van der Waals surface area contributed by atoms with Gasteiger partial charge in [0, 0.05) is 32.8 Å². The Hall–Kier alpha value is -1.92. The molecule has 4 rings (SSSR count). The number of nitrogens with zero attached hydrogens (tertiary/aromatic N) is 3. The zero-order valence-electron chi connectivity index (χ0n) is 16.9. The molecule has 6 nitrogen and oxygen atoms in total. The third kappa shape index (κ3) is 3.55. The minimum atomic E-state index is -0.160. The van der Waals surface area contributed by atoms with Gasteiger partial charge in [0.15, 0.2) is 0 Å². The number of rotatable bonds is 4. The highest BCUT2D eigenvalue weighted by molar-refractivity contribution is 5.85. The first-order chi connectivity index (χ1) is 13.6. The smallest absolute Gasteiger partial charge is 0.237 e. The average Bonchev–Trinajstić information content (AvgIpc) is 3.14. The summed E-state index contributed by atoms with van der Waals surface area (Å²) in [6, 6.07) is 10.1. The number of hydrogen-bond donors (Lipinski definition) is 0. The first kappa shape index (κ1) is 19.4. The van der Waals surface area contributed by atoms with Crippen molar-refractivity contribution in [2.45, 2.75) is 44.4 Å². The molecule has 0 saturated carbocycles. The fourth-order valence-electron chi connectivity index (χ4n) is 5.18. The number of carbonyl (C=O) groups is 2. The van der Waals surface area contributed by atoms with Gasteiger partial charge in [0.2, 0.25) is 11.8 Å². The van der Waals surface area contributed by atoms with Crippen LogP contribution in [0.3, 0.4) is 0 Å². The van der Waals surface area contributed by atoms with Gasteiger partial charge in [-0.15, -0.1) is 0 Å². The van der Waals surface area contributed by atoms with E-state index in [1.165, 1.54) is 0 Å². The normalized spacial score (nSPS) is 29.2. The van der Waals surface area contributed by atoms with E-state index in [0.29, 0.717) is 6.54 Å². The molecular formula is C22H31N3O3. The summed E-state index contributed by atoms with van der Waals surface area (Å²) < 4.78 is 5.45. The Labute approximate surface area is 167 Å². The largest absolute Gasteiger partial charge is 0.381 e. The molecule has 3 aliphatic heterocycles. The summed E-state index contributed by atoms with van der Waals surface area (Å²) in [5, 5.41) is 0. The van der Waals surface area contributed by atoms with E-state index < -0.39 is 0 Å². The Bertz CT molecular complexity index is 702. The molecule has 152 valence electrons. The number of piperazine rings is 1. The number of methoxy groups -OCH3 is 1. The van der Waals surface area contributed by atoms with Crippen molar-refractivity contribution in [2.75, 3.05) is 39.8 Å². The van der Waals surface area contributed by atoms with E-state index in [9.17, 15) is 9.59 Å². The monoisotopic (exact) mass is 385 g/mol. The lowest BCUT2D eigenvalue weighted by atomic mass is 9.91. The fourth-order valence-corrected chi connectivity index (χ4v) is 5.18. The van der Waals surface area contributed by atoms with Crippen molar-refractivity contribution in [1.82, 2.24) is 14.7 Å². The van der Waals surface area contributed by atoms with Crippen molar-refractivity contribution >= 4 is 11.8 Å². The molecule has 0 N–H and O–H groups in total. The van der Waals surface area contributed by atoms with Gasteiger partial charge in [-0.3, -0.25) is 14.5 Å². The van der Waals surface area contributed by atoms with Crippen LogP contribution in [0.25, 0.3) is 0 Å². The van der Waals surface area contributed by atoms with Crippen LogP contribution in [0.4, 0.5) is 0 Å². The number of likely N-dealkylation sites (N-methyl/N-ethyl adjacent to an activating group) is 1. The molecule has 0 spiro atoms. The molecule has 6 heteroatoms. The number of ether oxygens (including phenoxy) is 1. The van der Waals surface area contributed by atoms with Crippen molar-refractivity contribution in [3.05, 3.63) is 35.9 Å². The lowest BCUT2D eigenvalue weighted by molar-refractivity contribution is -0.142. The van der Waals surface area contributed by atoms with Crippen molar-refractivity contribution < 1.29 is 14.3 Å². The summed E-state index contributed by atoms with van der Waals surface area (Å²) in [6.45, 7) is 5.77. The maximum absolute atomic E-state index is 13.5. The van der Waals surface area contributed by atoms with E-state index in [1.54, 1.807) is 7.11 Å². The summed E-state index contributed by atoms with van der Waals surface area (Å²) in [5.74, 6) is 0.196. The van der Waals surface area contributed by atoms with Gasteiger partial charge in [-0.1, -0.05) is 37.3 Å². The number of benzene rings is 1. The number of piperidine rings is 1. The SMILES string of the molecule is CCN1CC(=O)N2[C@H](C[C@@H](C(=O)N3CCC(OC)CC3)[C@H]2c2ccccc2)C1. The van der Waals surface area contributed by atoms with Crippen molar-refractivity contribution in [3.8, 4) is 0 Å². The van der Waals surface area contributed by atoms with Gasteiger partial charge in [-0.25, -0.2) is 0 Å². The van der Waals surface area contributed by atoms with Gasteiger partial charge in [0.25, 0.3) is 0 Å². The van der Waals surface area contributed by atoms with E-state index in [4.69, 9.17) is 4.74 Å². The first-order valence-corrected chi connectivity index (χ1v) is 10.5. The van der Waals surface area contributed by atoms with Gasteiger partial charge in [-0.05, 0) is 31.4 Å². The zero-order valence-corrected chi connectivity index (χ0v) is 16.9. The highest BCUT2D eigenvalue weighted by Gasteiger charge is 2.50. The summed E-state index contributed by atoms with van der Waals surface area (Å²) in [5.41, 5.74) is 1.08. The molecule has 3 aliphatic rings. The third-order valence-electron chi connectivity index (χ3n) is 6.71. The van der Waals surface area contributed by atoms with Crippen molar-refractivity contribution in [1.29, 1.82) is 0 Å². The zero-order chi connectivity index (χ0) is 19.7. The molecule has 28 heavy (non-hydrogen) atoms. The second-order valence-electron chi connectivity index (χ2n) is 8.24. The third-order valence-corrected chi connectivity index (χ3v) is 6.71. The predicted molar refractivity (Wildman–Crippen MR) is 107 cm³/mol. The highest BCUT2D eigenvalue weighted by atomic mass is 16.5. The average molecular weight is 386 g/mol. The van der Waals surface area contributed by atoms with Gasteiger partial charge in [-0.2, -0.15) is 0 Å². The molecule has 3 heterocycles. The summed E-state index contributed by atoms with van der Waals surface area (Å²) in [4.78, 5) is 32.7. The van der Waals surface area contributed by atoms with Crippen LogP contribution in [-0.2, 0) is 14.3 Å². The van der Waals surface area contributed by atoms with Crippen molar-refractivity contribution in [2.24, 2.45) is 5.92 Å². The van der Waals surface area contributed by atoms with E-state index in [2.05, 4.69) is 24.0 Å². The lowest BCUT2D eigenvalue weighted by Crippen LogP contribution is -2.54. The molecule has 2 amide bonds. The number of fused-ring (bicyclic) bond motifs is 1. The lowest BCUT2D eigenvalue weighted by Gasteiger charge is -2.40. The molecule has 0 aliphatic carbocycles. The number of carbonyl (C=O) groups excluding carboxylic acids is 2. The van der Waals surface area contributed by atoms with E-state index >= 15 is 0 Å². The Kier molecular flexibility index (Phi) is 5.69. The summed E-state index contributed by atoms with van der Waals surface area (Å²) in [6.07, 6.45) is 2.79. The second-order valence-corrected chi connectivity index (χ2v) is 8.24. The van der Waals surface area contributed by atoms with E-state index in [-0.39, 0.29) is 35.9 Å². The van der Waals surface area contributed by atoms with Crippen LogP contribution in [-0.4, -0.2) is 78.5 Å². The fraction of sp³-hybridized carbons (Fsp3) is 0.636. The van der Waals surface area contributed by atoms with Crippen LogP contribution in [0.1, 0.15) is 37.8 Å². The molecular weight excluding hydrogens is 354 g/mol. The van der Waals surface area contributed by atoms with Crippen LogP contribution >= 0.6 is 0 Å². The molecule has 0 radical (unpaired) electrons. The van der Waals surface area contributed by atoms with Crippen LogP contribution in [0.15, 0.2) is 30.3 Å². The molecule has 3 fully saturated rings. The molecule has 1 aromatic rings. The van der Waals surface area contributed by atoms with Crippen LogP contribution in [0.2, 0.25) is 0 Å². The second kappa shape index (κ2) is 8.21. The summed E-state index contributed by atoms with van der Waals surface area (Å²) in [7, 11) is 1.74. The highest BCUT2D eigenvalue weighted by Crippen LogP contribution is 2.44. The molecule has 3 atom stereocenters. The molecule has 0 unspecified atom stereocenters. The Morgan fingerprint density at radius 3 is 2.54 bits per heavy atom. The Balaban J connectivity index is 1.60. The van der Waals surface area contributed by atoms with Crippen LogP contribution in [0, 0.1) is 5.92 Å². The molecule has 0 aromatic heterocycles. The van der Waals surface area contributed by atoms with Crippen molar-refractivity contribution in [3.63, 3.8) is 0 Å². The quantitative estimate of drug-likeness (QED) is 0.795. The summed E-state index contributed by atoms with van der Waals surface area (Å²) >= 11 is 0. The number of likely N-dealkylation sites (tertiary alicyclic amines) is 1. The van der Waals surface area contributed by atoms with Gasteiger partial charge < -0.3 is 14.5 Å². The van der Waals surface area contributed by atoms with Crippen LogP contribution < -0.4 is 0 Å². The van der Waals surface area contributed by atoms with Gasteiger partial charge in [0.05, 0.1) is 24.6 Å². The minimum absolute atomic E-state index is 0.122. The molecule has 0 bridgehead atoms. The number of hydrogen-bond acceptors (Lipinski definition) is 4. The number of amides is 2. The van der Waals surface area contributed by atoms with Crippen LogP contribution in [0.5, 0.6) is 0 Å². The standard InChI is InChI=1S/C22H31N3O3/c1-3-23-14-17-13-19(22(27)24-11-9-18(28-2)10-12-24)21(25(17)20(26)15-23)16-7-5-4-6-8-16/h4-8,17-19,21H,3,9-15H2,1-2H3/t17-,19-,21-/m1/s1. The Morgan fingerprint density at radius 2 is 1.89 bits per heavy atom. The van der Waals surface area contributed by atoms with E-state index in [1.807, 2.05) is 28.0 Å². The maximum Gasteiger partial charge on any atom is 0.237 e. The topological polar surface area (TPSA) is 53.1 Å². The molecule has 1 aromatic carbocycles. The Morgan fingerprint density at radius 1 is 1.18 bits per heavy atom. The maximum atomic E-state index is 13.5.